The van der Waals surface area contributed by atoms with Crippen LogP contribution in [0.2, 0.25) is 0 Å². The van der Waals surface area contributed by atoms with Gasteiger partial charge in [-0.1, -0.05) is 67.1 Å². The number of rotatable bonds is 11. The van der Waals surface area contributed by atoms with Crippen molar-refractivity contribution >= 4 is 17.5 Å². The molecule has 1 N–H and O–H groups in total. The summed E-state index contributed by atoms with van der Waals surface area (Å²) in [6.45, 7) is 0.282. The van der Waals surface area contributed by atoms with Crippen molar-refractivity contribution in [2.75, 3.05) is 13.2 Å². The summed E-state index contributed by atoms with van der Waals surface area (Å²) >= 11 is 0. The van der Waals surface area contributed by atoms with Crippen molar-refractivity contribution in [3.05, 3.63) is 71.8 Å². The fourth-order valence-electron chi connectivity index (χ4n) is 2.69. The third kappa shape index (κ3) is 6.15. The molecule has 0 bridgehead atoms. The molecule has 0 aliphatic carbocycles. The molecule has 0 unspecified atom stereocenters. The van der Waals surface area contributed by atoms with Gasteiger partial charge in [0.05, 0.1) is 6.61 Å². The Balaban J connectivity index is 2.11. The Kier molecular flexibility index (Phi) is 8.39. The number of benzene rings is 2. The molecule has 0 heterocycles. The minimum Gasteiger partial charge on any atom is -0.465 e. The van der Waals surface area contributed by atoms with E-state index in [1.165, 1.54) is 0 Å². The maximum Gasteiger partial charge on any atom is 0.324 e. The summed E-state index contributed by atoms with van der Waals surface area (Å²) in [7, 11) is 0. The zero-order valence-corrected chi connectivity index (χ0v) is 15.2. The highest BCUT2D eigenvalue weighted by atomic mass is 16.5. The molecule has 142 valence electrons. The first-order valence-electron chi connectivity index (χ1n) is 9.11. The Bertz CT molecular complexity index is 688. The van der Waals surface area contributed by atoms with Crippen molar-refractivity contribution in [1.82, 2.24) is 0 Å². The molecule has 0 saturated heterocycles. The van der Waals surface area contributed by atoms with Gasteiger partial charge in [0.25, 0.3) is 0 Å². The number of Topliss-reactive ketones (excluding diaryl/α,β-unsaturated/α-hetero) is 2. The van der Waals surface area contributed by atoms with Gasteiger partial charge in [0.15, 0.2) is 17.5 Å². The smallest absolute Gasteiger partial charge is 0.324 e. The quantitative estimate of drug-likeness (QED) is 0.284. The molecule has 2 aromatic rings. The van der Waals surface area contributed by atoms with Crippen molar-refractivity contribution in [3.63, 3.8) is 0 Å². The van der Waals surface area contributed by atoms with E-state index in [4.69, 9.17) is 9.84 Å². The van der Waals surface area contributed by atoms with Crippen LogP contribution in [0.25, 0.3) is 0 Å². The van der Waals surface area contributed by atoms with Gasteiger partial charge in [-0.3, -0.25) is 14.4 Å². The van der Waals surface area contributed by atoms with E-state index in [1.807, 2.05) is 0 Å². The molecule has 0 saturated carbocycles. The molecule has 5 nitrogen and oxygen atoms in total. The van der Waals surface area contributed by atoms with E-state index in [0.717, 1.165) is 12.8 Å². The first-order valence-corrected chi connectivity index (χ1v) is 9.11. The molecule has 27 heavy (non-hydrogen) atoms. The molecule has 0 aromatic heterocycles. The van der Waals surface area contributed by atoms with E-state index < -0.39 is 23.5 Å². The Hall–Kier alpha value is -2.79. The molecule has 0 spiro atoms. The maximum atomic E-state index is 12.8. The number of ether oxygens (including phenoxy) is 1. The van der Waals surface area contributed by atoms with Gasteiger partial charge in [0.2, 0.25) is 0 Å². The Morgan fingerprint density at radius 2 is 1.22 bits per heavy atom. The van der Waals surface area contributed by atoms with Gasteiger partial charge < -0.3 is 9.84 Å². The zero-order valence-electron chi connectivity index (χ0n) is 15.2. The lowest BCUT2D eigenvalue weighted by Gasteiger charge is -2.14. The molecular weight excluding hydrogens is 344 g/mol. The van der Waals surface area contributed by atoms with Crippen molar-refractivity contribution in [2.45, 2.75) is 25.7 Å². The second-order valence-electron chi connectivity index (χ2n) is 6.20. The highest BCUT2D eigenvalue weighted by molar-refractivity contribution is 6.26. The van der Waals surface area contributed by atoms with Crippen LogP contribution in [0.1, 0.15) is 46.4 Å². The lowest BCUT2D eigenvalue weighted by atomic mass is 9.90. The number of aliphatic hydroxyl groups is 1. The topological polar surface area (TPSA) is 80.7 Å². The summed E-state index contributed by atoms with van der Waals surface area (Å²) in [4.78, 5) is 38.2. The number of aliphatic hydroxyl groups excluding tert-OH is 1. The number of hydrogen-bond donors (Lipinski definition) is 1. The highest BCUT2D eigenvalue weighted by Gasteiger charge is 2.36. The molecular formula is C22H24O5. The van der Waals surface area contributed by atoms with Crippen molar-refractivity contribution < 1.29 is 24.2 Å². The van der Waals surface area contributed by atoms with Crippen molar-refractivity contribution in [2.24, 2.45) is 5.92 Å². The summed E-state index contributed by atoms with van der Waals surface area (Å²) < 4.78 is 5.23. The number of unbranched alkanes of at least 4 members (excludes halogenated alkanes) is 3. The van der Waals surface area contributed by atoms with Crippen LogP contribution in [0, 0.1) is 5.92 Å². The van der Waals surface area contributed by atoms with Crippen molar-refractivity contribution in [3.8, 4) is 0 Å². The lowest BCUT2D eigenvalue weighted by Crippen LogP contribution is -2.34. The summed E-state index contributed by atoms with van der Waals surface area (Å²) in [5.74, 6) is -3.45. The number of esters is 1. The van der Waals surface area contributed by atoms with E-state index in [2.05, 4.69) is 0 Å². The summed E-state index contributed by atoms with van der Waals surface area (Å²) in [6, 6.07) is 16.6. The molecule has 2 aromatic carbocycles. The van der Waals surface area contributed by atoms with Crippen LogP contribution in [-0.2, 0) is 9.53 Å². The molecule has 0 radical (unpaired) electrons. The normalized spacial score (nSPS) is 10.6. The first-order chi connectivity index (χ1) is 13.1. The van der Waals surface area contributed by atoms with Crippen LogP contribution in [0.5, 0.6) is 0 Å². The van der Waals surface area contributed by atoms with Gasteiger partial charge in [-0.2, -0.15) is 0 Å². The van der Waals surface area contributed by atoms with E-state index >= 15 is 0 Å². The van der Waals surface area contributed by atoms with Crippen molar-refractivity contribution in [1.29, 1.82) is 0 Å². The van der Waals surface area contributed by atoms with Crippen LogP contribution < -0.4 is 0 Å². The van der Waals surface area contributed by atoms with Crippen LogP contribution in [0.4, 0.5) is 0 Å². The zero-order chi connectivity index (χ0) is 19.5. The second kappa shape index (κ2) is 11.0. The third-order valence-corrected chi connectivity index (χ3v) is 4.17. The molecule has 0 fully saturated rings. The molecule has 0 aliphatic rings. The van der Waals surface area contributed by atoms with E-state index in [0.29, 0.717) is 24.0 Å². The molecule has 0 amide bonds. The average Bonchev–Trinajstić information content (AvgIpc) is 2.72. The predicted octanol–water partition coefficient (Wildman–Crippen LogP) is 3.46. The molecule has 0 aliphatic heterocycles. The summed E-state index contributed by atoms with van der Waals surface area (Å²) in [5.41, 5.74) is 0.596. The molecule has 2 rings (SSSR count). The summed E-state index contributed by atoms with van der Waals surface area (Å²) in [6.07, 6.45) is 2.97. The minimum absolute atomic E-state index is 0.138. The predicted molar refractivity (Wildman–Crippen MR) is 102 cm³/mol. The van der Waals surface area contributed by atoms with Crippen LogP contribution in [-0.4, -0.2) is 35.9 Å². The molecule has 0 atom stereocenters. The monoisotopic (exact) mass is 368 g/mol. The largest absolute Gasteiger partial charge is 0.465 e. The summed E-state index contributed by atoms with van der Waals surface area (Å²) in [5, 5.41) is 8.76. The Morgan fingerprint density at radius 1 is 0.741 bits per heavy atom. The van der Waals surface area contributed by atoms with Crippen LogP contribution in [0.15, 0.2) is 60.7 Å². The number of carbonyl (C=O) groups is 3. The number of hydrogen-bond acceptors (Lipinski definition) is 5. The van der Waals surface area contributed by atoms with Gasteiger partial charge in [0, 0.05) is 17.7 Å². The lowest BCUT2D eigenvalue weighted by molar-refractivity contribution is -0.145. The van der Waals surface area contributed by atoms with Gasteiger partial charge in [-0.15, -0.1) is 0 Å². The SMILES string of the molecule is O=C(OCCCCCCO)C(C(=O)c1ccccc1)C(=O)c1ccccc1. The van der Waals surface area contributed by atoms with Crippen LogP contribution in [0.3, 0.4) is 0 Å². The fraction of sp³-hybridized carbons (Fsp3) is 0.318. The molecule has 5 heteroatoms. The highest BCUT2D eigenvalue weighted by Crippen LogP contribution is 2.17. The van der Waals surface area contributed by atoms with Gasteiger partial charge in [0.1, 0.15) is 0 Å². The van der Waals surface area contributed by atoms with Gasteiger partial charge in [-0.05, 0) is 19.3 Å². The third-order valence-electron chi connectivity index (χ3n) is 4.17. The van der Waals surface area contributed by atoms with Crippen LogP contribution >= 0.6 is 0 Å². The van der Waals surface area contributed by atoms with E-state index in [1.54, 1.807) is 60.7 Å². The second-order valence-corrected chi connectivity index (χ2v) is 6.20. The van der Waals surface area contributed by atoms with Gasteiger partial charge >= 0.3 is 5.97 Å². The maximum absolute atomic E-state index is 12.8. The fourth-order valence-corrected chi connectivity index (χ4v) is 2.69. The van der Waals surface area contributed by atoms with E-state index in [9.17, 15) is 14.4 Å². The Labute approximate surface area is 159 Å². The van der Waals surface area contributed by atoms with Gasteiger partial charge in [-0.25, -0.2) is 0 Å². The Morgan fingerprint density at radius 3 is 1.70 bits per heavy atom. The standard InChI is InChI=1S/C22H24O5/c23-15-9-1-2-10-16-27-22(26)19(20(24)17-11-5-3-6-12-17)21(25)18-13-7-4-8-14-18/h3-8,11-14,19,23H,1-2,9-10,15-16H2. The average molecular weight is 368 g/mol. The first kappa shape index (κ1) is 20.5. The number of carbonyl (C=O) groups excluding carboxylic acids is 3. The minimum atomic E-state index is -1.51. The van der Waals surface area contributed by atoms with E-state index in [-0.39, 0.29) is 13.2 Å². The number of ketones is 2.